The summed E-state index contributed by atoms with van der Waals surface area (Å²) in [5, 5.41) is 0. The van der Waals surface area contributed by atoms with Gasteiger partial charge < -0.3 is 9.47 Å². The largest absolute Gasteiger partial charge is 0.460 e. The second-order valence-electron chi connectivity index (χ2n) is 7.57. The van der Waals surface area contributed by atoms with Crippen LogP contribution in [-0.4, -0.2) is 29.0 Å². The van der Waals surface area contributed by atoms with Crippen molar-refractivity contribution in [3.63, 3.8) is 0 Å². The van der Waals surface area contributed by atoms with E-state index in [4.69, 9.17) is 9.47 Å². The third-order valence-corrected chi connectivity index (χ3v) is 3.51. The van der Waals surface area contributed by atoms with Crippen molar-refractivity contribution in [3.8, 4) is 0 Å². The van der Waals surface area contributed by atoms with Gasteiger partial charge in [0.1, 0.15) is 5.60 Å². The number of nitrogens with zero attached hydrogens (tertiary/aromatic N) is 1. The Labute approximate surface area is 143 Å². The maximum absolute atomic E-state index is 12.6. The second-order valence-corrected chi connectivity index (χ2v) is 7.57. The van der Waals surface area contributed by atoms with Gasteiger partial charge in [0.05, 0.1) is 6.42 Å². The Kier molecular flexibility index (Phi) is 5.11. The third-order valence-electron chi connectivity index (χ3n) is 3.51. The molecule has 0 amide bonds. The number of hydrogen-bond donors (Lipinski definition) is 0. The van der Waals surface area contributed by atoms with Gasteiger partial charge >= 0.3 is 11.9 Å². The summed E-state index contributed by atoms with van der Waals surface area (Å²) in [6, 6.07) is 9.23. The fraction of sp³-hybridized carbons (Fsp3) is 0.526. The molecule has 1 aromatic carbocycles. The SMILES string of the molecule is CC(C)C[C@@]1(CC(=O)OC(C)(C)C)N=C(c2ccccc2)OC1=O. The minimum absolute atomic E-state index is 0.113. The minimum Gasteiger partial charge on any atom is -0.460 e. The number of ether oxygens (including phenoxy) is 2. The van der Waals surface area contributed by atoms with Gasteiger partial charge in [-0.2, -0.15) is 0 Å². The number of aliphatic imine (C=N–C) groups is 1. The third kappa shape index (κ3) is 4.43. The van der Waals surface area contributed by atoms with E-state index in [0.29, 0.717) is 6.42 Å². The molecule has 0 N–H and O–H groups in total. The zero-order valence-electron chi connectivity index (χ0n) is 15.0. The van der Waals surface area contributed by atoms with Crippen molar-refractivity contribution in [3.05, 3.63) is 35.9 Å². The Morgan fingerprint density at radius 3 is 2.42 bits per heavy atom. The van der Waals surface area contributed by atoms with Gasteiger partial charge in [-0.05, 0) is 45.2 Å². The number of rotatable bonds is 5. The van der Waals surface area contributed by atoms with Crippen LogP contribution in [-0.2, 0) is 19.1 Å². The molecule has 130 valence electrons. The van der Waals surface area contributed by atoms with Gasteiger partial charge in [-0.3, -0.25) is 4.79 Å². The highest BCUT2D eigenvalue weighted by Crippen LogP contribution is 2.34. The van der Waals surface area contributed by atoms with Crippen molar-refractivity contribution in [2.45, 2.75) is 58.6 Å². The average Bonchev–Trinajstić information content (AvgIpc) is 2.73. The molecule has 5 heteroatoms. The molecule has 2 rings (SSSR count). The summed E-state index contributed by atoms with van der Waals surface area (Å²) in [7, 11) is 0. The smallest absolute Gasteiger partial charge is 0.341 e. The van der Waals surface area contributed by atoms with Gasteiger partial charge in [-0.15, -0.1) is 0 Å². The van der Waals surface area contributed by atoms with Crippen LogP contribution in [0.5, 0.6) is 0 Å². The monoisotopic (exact) mass is 331 g/mol. The molecule has 24 heavy (non-hydrogen) atoms. The number of carbonyl (C=O) groups excluding carboxylic acids is 2. The van der Waals surface area contributed by atoms with Crippen molar-refractivity contribution < 1.29 is 19.1 Å². The highest BCUT2D eigenvalue weighted by atomic mass is 16.6. The minimum atomic E-state index is -1.21. The standard InChI is InChI=1S/C19H25NO4/c1-13(2)11-19(12-15(21)24-18(3,4)5)17(22)23-16(20-19)14-9-7-6-8-10-14/h6-10,13H,11-12H2,1-5H3/t19-/m0/s1. The number of carbonyl (C=O) groups is 2. The maximum atomic E-state index is 12.6. The molecule has 0 unspecified atom stereocenters. The quantitative estimate of drug-likeness (QED) is 0.775. The molecule has 1 aliphatic rings. The molecule has 0 fully saturated rings. The van der Waals surface area contributed by atoms with Crippen LogP contribution in [0.2, 0.25) is 0 Å². The first-order valence-electron chi connectivity index (χ1n) is 8.21. The summed E-state index contributed by atoms with van der Waals surface area (Å²) in [4.78, 5) is 29.4. The lowest BCUT2D eigenvalue weighted by Crippen LogP contribution is -2.39. The second kappa shape index (κ2) is 6.75. The van der Waals surface area contributed by atoms with E-state index >= 15 is 0 Å². The zero-order valence-corrected chi connectivity index (χ0v) is 15.0. The van der Waals surface area contributed by atoms with Gasteiger partial charge in [0.2, 0.25) is 5.90 Å². The van der Waals surface area contributed by atoms with Gasteiger partial charge in [0, 0.05) is 5.56 Å². The molecular weight excluding hydrogens is 306 g/mol. The molecule has 0 saturated carbocycles. The predicted octanol–water partition coefficient (Wildman–Crippen LogP) is 3.51. The van der Waals surface area contributed by atoms with Crippen LogP contribution < -0.4 is 0 Å². The number of benzene rings is 1. The van der Waals surface area contributed by atoms with Gasteiger partial charge in [-0.1, -0.05) is 32.0 Å². The van der Waals surface area contributed by atoms with Gasteiger partial charge in [0.15, 0.2) is 5.54 Å². The predicted molar refractivity (Wildman–Crippen MR) is 91.7 cm³/mol. The zero-order chi connectivity index (χ0) is 18.0. The lowest BCUT2D eigenvalue weighted by Gasteiger charge is -2.26. The molecule has 0 aromatic heterocycles. The van der Waals surface area contributed by atoms with E-state index in [0.717, 1.165) is 5.56 Å². The van der Waals surface area contributed by atoms with Crippen LogP contribution in [0.1, 0.15) is 53.0 Å². The summed E-state index contributed by atoms with van der Waals surface area (Å²) in [6.45, 7) is 9.36. The first kappa shape index (κ1) is 18.2. The van der Waals surface area contributed by atoms with E-state index in [1.54, 1.807) is 20.8 Å². The summed E-state index contributed by atoms with van der Waals surface area (Å²) in [5.41, 5.74) is -1.09. The number of esters is 2. The Hall–Kier alpha value is -2.17. The molecule has 0 bridgehead atoms. The van der Waals surface area contributed by atoms with E-state index in [9.17, 15) is 9.59 Å². The van der Waals surface area contributed by atoms with Crippen LogP contribution in [0.3, 0.4) is 0 Å². The molecule has 5 nitrogen and oxygen atoms in total. The molecule has 0 saturated heterocycles. The van der Waals surface area contributed by atoms with Crippen LogP contribution in [0, 0.1) is 5.92 Å². The van der Waals surface area contributed by atoms with Crippen LogP contribution >= 0.6 is 0 Å². The van der Waals surface area contributed by atoms with E-state index in [-0.39, 0.29) is 18.2 Å². The lowest BCUT2D eigenvalue weighted by atomic mass is 9.86. The Balaban J connectivity index is 2.31. The van der Waals surface area contributed by atoms with Crippen LogP contribution in [0.15, 0.2) is 35.3 Å². The lowest BCUT2D eigenvalue weighted by molar-refractivity contribution is -0.159. The van der Waals surface area contributed by atoms with Crippen molar-refractivity contribution >= 4 is 17.8 Å². The van der Waals surface area contributed by atoms with E-state index in [1.165, 1.54) is 0 Å². The Bertz CT molecular complexity index is 643. The summed E-state index contributed by atoms with van der Waals surface area (Å²) in [6.07, 6.45) is 0.318. The van der Waals surface area contributed by atoms with E-state index < -0.39 is 23.1 Å². The van der Waals surface area contributed by atoms with Crippen LogP contribution in [0.25, 0.3) is 0 Å². The number of cyclic esters (lactones) is 1. The molecule has 1 aliphatic heterocycles. The summed E-state index contributed by atoms with van der Waals surface area (Å²) >= 11 is 0. The van der Waals surface area contributed by atoms with E-state index in [1.807, 2.05) is 44.2 Å². The van der Waals surface area contributed by atoms with Crippen molar-refractivity contribution in [2.75, 3.05) is 0 Å². The Morgan fingerprint density at radius 1 is 1.25 bits per heavy atom. The molecular formula is C19H25NO4. The molecule has 0 aliphatic carbocycles. The molecule has 1 atom stereocenters. The van der Waals surface area contributed by atoms with Crippen molar-refractivity contribution in [1.82, 2.24) is 0 Å². The topological polar surface area (TPSA) is 65.0 Å². The summed E-state index contributed by atoms with van der Waals surface area (Å²) in [5.74, 6) is -0.484. The molecule has 1 heterocycles. The fourth-order valence-corrected chi connectivity index (χ4v) is 2.75. The fourth-order valence-electron chi connectivity index (χ4n) is 2.75. The average molecular weight is 331 g/mol. The van der Waals surface area contributed by atoms with Crippen molar-refractivity contribution in [1.29, 1.82) is 0 Å². The molecule has 0 spiro atoms. The summed E-state index contributed by atoms with van der Waals surface area (Å²) < 4.78 is 10.8. The maximum Gasteiger partial charge on any atom is 0.341 e. The van der Waals surface area contributed by atoms with Crippen LogP contribution in [0.4, 0.5) is 0 Å². The Morgan fingerprint density at radius 2 is 1.88 bits per heavy atom. The van der Waals surface area contributed by atoms with Gasteiger partial charge in [0.25, 0.3) is 0 Å². The first-order valence-corrected chi connectivity index (χ1v) is 8.21. The molecule has 0 radical (unpaired) electrons. The molecule has 1 aromatic rings. The number of hydrogen-bond acceptors (Lipinski definition) is 5. The van der Waals surface area contributed by atoms with Crippen molar-refractivity contribution in [2.24, 2.45) is 10.9 Å². The van der Waals surface area contributed by atoms with E-state index in [2.05, 4.69) is 4.99 Å². The highest BCUT2D eigenvalue weighted by Gasteiger charge is 2.49. The highest BCUT2D eigenvalue weighted by molar-refractivity contribution is 6.08. The normalized spacial score (nSPS) is 20.8. The first-order chi connectivity index (χ1) is 11.1. The van der Waals surface area contributed by atoms with Gasteiger partial charge in [-0.25, -0.2) is 9.79 Å².